The average molecular weight is 483 g/mol. The molecule has 1 aliphatic heterocycles. The molecule has 3 aromatic rings. The summed E-state index contributed by atoms with van der Waals surface area (Å²) in [5, 5.41) is 0.540. The highest BCUT2D eigenvalue weighted by Gasteiger charge is 2.41. The summed E-state index contributed by atoms with van der Waals surface area (Å²) in [6.07, 6.45) is 0. The van der Waals surface area contributed by atoms with Crippen LogP contribution in [0.15, 0.2) is 18.2 Å². The third-order valence-corrected chi connectivity index (χ3v) is 6.64. The van der Waals surface area contributed by atoms with E-state index in [0.717, 1.165) is 21.8 Å². The van der Waals surface area contributed by atoms with Crippen molar-refractivity contribution >= 4 is 51.1 Å². The van der Waals surface area contributed by atoms with E-state index in [1.54, 1.807) is 32.0 Å². The molecule has 176 valence electrons. The van der Waals surface area contributed by atoms with Crippen LogP contribution in [0.4, 0.5) is 5.82 Å². The molecule has 11 heteroatoms. The third kappa shape index (κ3) is 3.87. The van der Waals surface area contributed by atoms with E-state index in [1.165, 1.54) is 6.92 Å². The van der Waals surface area contributed by atoms with Crippen LogP contribution in [0.3, 0.4) is 0 Å². The van der Waals surface area contributed by atoms with Crippen LogP contribution in [-0.4, -0.2) is 51.3 Å². The van der Waals surface area contributed by atoms with Gasteiger partial charge in [-0.05, 0) is 45.4 Å². The zero-order valence-electron chi connectivity index (χ0n) is 19.0. The van der Waals surface area contributed by atoms with E-state index < -0.39 is 29.8 Å². The molecule has 1 unspecified atom stereocenters. The number of nitrogens with zero attached hydrogens (tertiary/aromatic N) is 3. The molecule has 4 rings (SSSR count). The van der Waals surface area contributed by atoms with Gasteiger partial charge in [0.25, 0.3) is 11.8 Å². The maximum absolute atomic E-state index is 12.7. The molecule has 0 radical (unpaired) electrons. The molecule has 0 spiro atoms. The summed E-state index contributed by atoms with van der Waals surface area (Å²) in [5.74, 6) is -2.09. The Hall–Kier alpha value is -3.86. The summed E-state index contributed by atoms with van der Waals surface area (Å²) in [5.41, 5.74) is 8.04. The van der Waals surface area contributed by atoms with Crippen molar-refractivity contribution in [1.82, 2.24) is 14.9 Å². The van der Waals surface area contributed by atoms with Gasteiger partial charge in [0.05, 0.1) is 23.1 Å². The van der Waals surface area contributed by atoms with E-state index >= 15 is 0 Å². The fourth-order valence-corrected chi connectivity index (χ4v) is 4.86. The van der Waals surface area contributed by atoms with Crippen LogP contribution in [-0.2, 0) is 20.9 Å². The zero-order valence-corrected chi connectivity index (χ0v) is 19.8. The number of nitrogen functional groups attached to an aromatic ring is 1. The Morgan fingerprint density at radius 2 is 1.82 bits per heavy atom. The average Bonchev–Trinajstić information content (AvgIpc) is 3.25. The van der Waals surface area contributed by atoms with Gasteiger partial charge in [0, 0.05) is 0 Å². The minimum Gasteiger partial charge on any atom is -0.462 e. The Labute approximate surface area is 198 Å². The van der Waals surface area contributed by atoms with Gasteiger partial charge >= 0.3 is 11.9 Å². The molecule has 0 saturated heterocycles. The van der Waals surface area contributed by atoms with Crippen molar-refractivity contribution in [2.45, 2.75) is 40.3 Å². The maximum atomic E-state index is 12.7. The van der Waals surface area contributed by atoms with Gasteiger partial charge in [0.15, 0.2) is 12.4 Å². The summed E-state index contributed by atoms with van der Waals surface area (Å²) in [4.78, 5) is 60.5. The SMILES string of the molecule is CCOC(=O)c1sc2nc(COC(=O)C(C)N3C(=O)c4ccc(C)cc4C3=O)nc(N)c2c1C. The van der Waals surface area contributed by atoms with Crippen LogP contribution in [0.25, 0.3) is 10.2 Å². The number of fused-ring (bicyclic) bond motifs is 2. The number of amides is 2. The Balaban J connectivity index is 1.50. The van der Waals surface area contributed by atoms with Crippen LogP contribution in [0.2, 0.25) is 0 Å². The molecule has 1 atom stereocenters. The van der Waals surface area contributed by atoms with Gasteiger partial charge in [-0.15, -0.1) is 11.3 Å². The third-order valence-electron chi connectivity index (χ3n) is 5.47. The van der Waals surface area contributed by atoms with Crippen LogP contribution in [0.5, 0.6) is 0 Å². The molecule has 0 aliphatic carbocycles. The van der Waals surface area contributed by atoms with Crippen molar-refractivity contribution in [1.29, 1.82) is 0 Å². The van der Waals surface area contributed by atoms with Crippen LogP contribution < -0.4 is 5.73 Å². The molecule has 0 fully saturated rings. The standard InChI is InChI=1S/C23H22N4O6S/c1-5-32-23(31)17-11(3)16-18(24)25-15(26-19(16)34-17)9-33-22(30)12(4)27-20(28)13-7-6-10(2)8-14(13)21(27)29/h6-8,12H,5,9H2,1-4H3,(H2,24,25,26). The molecule has 34 heavy (non-hydrogen) atoms. The molecular weight excluding hydrogens is 460 g/mol. The normalized spacial score (nSPS) is 13.8. The first-order valence-electron chi connectivity index (χ1n) is 10.5. The number of aromatic nitrogens is 2. The van der Waals surface area contributed by atoms with Gasteiger partial charge in [-0.3, -0.25) is 14.5 Å². The van der Waals surface area contributed by atoms with E-state index in [4.69, 9.17) is 15.2 Å². The first kappa shape index (κ1) is 23.3. The Kier molecular flexibility index (Phi) is 6.05. The first-order valence-corrected chi connectivity index (χ1v) is 11.3. The number of nitrogens with two attached hydrogens (primary N) is 1. The minimum absolute atomic E-state index is 0.125. The fraction of sp³-hybridized carbons (Fsp3) is 0.304. The number of carbonyl (C=O) groups excluding carboxylic acids is 4. The number of thiophene rings is 1. The number of esters is 2. The van der Waals surface area contributed by atoms with Crippen molar-refractivity contribution in [3.63, 3.8) is 0 Å². The number of anilines is 1. The summed E-state index contributed by atoms with van der Waals surface area (Å²) < 4.78 is 10.4. The number of hydrogen-bond acceptors (Lipinski definition) is 10. The number of benzene rings is 1. The highest BCUT2D eigenvalue weighted by molar-refractivity contribution is 7.20. The molecule has 0 saturated carbocycles. The monoisotopic (exact) mass is 482 g/mol. The quantitative estimate of drug-likeness (QED) is 0.414. The van der Waals surface area contributed by atoms with Crippen LogP contribution in [0.1, 0.15) is 61.2 Å². The number of ether oxygens (including phenoxy) is 2. The van der Waals surface area contributed by atoms with E-state index in [9.17, 15) is 19.2 Å². The summed E-state index contributed by atoms with van der Waals surface area (Å²) in [6, 6.07) is 3.77. The molecule has 1 aliphatic rings. The molecule has 10 nitrogen and oxygen atoms in total. The zero-order chi connectivity index (χ0) is 24.7. The Morgan fingerprint density at radius 1 is 1.12 bits per heavy atom. The maximum Gasteiger partial charge on any atom is 0.348 e. The Bertz CT molecular complexity index is 1370. The van der Waals surface area contributed by atoms with Gasteiger partial charge < -0.3 is 15.2 Å². The lowest BCUT2D eigenvalue weighted by Crippen LogP contribution is -2.43. The number of hydrogen-bond donors (Lipinski definition) is 1. The number of aryl methyl sites for hydroxylation is 2. The van der Waals surface area contributed by atoms with Crippen molar-refractivity contribution in [2.24, 2.45) is 0 Å². The van der Waals surface area contributed by atoms with Crippen molar-refractivity contribution < 1.29 is 28.7 Å². The summed E-state index contributed by atoms with van der Waals surface area (Å²) >= 11 is 1.11. The molecule has 3 heterocycles. The van der Waals surface area contributed by atoms with Crippen molar-refractivity contribution in [3.8, 4) is 0 Å². The predicted octanol–water partition coefficient (Wildman–Crippen LogP) is 2.79. The van der Waals surface area contributed by atoms with Gasteiger partial charge in [-0.1, -0.05) is 11.6 Å². The second kappa shape index (κ2) is 8.82. The minimum atomic E-state index is -1.15. The Morgan fingerprint density at radius 3 is 2.53 bits per heavy atom. The molecule has 2 amide bonds. The van der Waals surface area contributed by atoms with Crippen LogP contribution in [0, 0.1) is 13.8 Å². The second-order valence-electron chi connectivity index (χ2n) is 7.79. The topological polar surface area (TPSA) is 142 Å². The lowest BCUT2D eigenvalue weighted by molar-refractivity contribution is -0.149. The van der Waals surface area contributed by atoms with Crippen molar-refractivity contribution in [2.75, 3.05) is 12.3 Å². The smallest absolute Gasteiger partial charge is 0.348 e. The van der Waals surface area contributed by atoms with Gasteiger partial charge in [0.1, 0.15) is 21.6 Å². The van der Waals surface area contributed by atoms with E-state index in [0.29, 0.717) is 20.7 Å². The lowest BCUT2D eigenvalue weighted by atomic mass is 10.1. The summed E-state index contributed by atoms with van der Waals surface area (Å²) in [7, 11) is 0. The first-order chi connectivity index (χ1) is 16.1. The van der Waals surface area contributed by atoms with Crippen LogP contribution >= 0.6 is 11.3 Å². The number of carbonyl (C=O) groups is 4. The summed E-state index contributed by atoms with van der Waals surface area (Å²) in [6.45, 7) is 6.59. The molecule has 2 aromatic heterocycles. The fourth-order valence-electron chi connectivity index (χ4n) is 3.76. The largest absolute Gasteiger partial charge is 0.462 e. The number of imide groups is 1. The van der Waals surface area contributed by atoms with Crippen molar-refractivity contribution in [3.05, 3.63) is 51.2 Å². The van der Waals surface area contributed by atoms with Gasteiger partial charge in [-0.2, -0.15) is 0 Å². The van der Waals surface area contributed by atoms with E-state index in [1.807, 2.05) is 6.92 Å². The molecular formula is C23H22N4O6S. The highest BCUT2D eigenvalue weighted by Crippen LogP contribution is 2.33. The predicted molar refractivity (Wildman–Crippen MR) is 123 cm³/mol. The lowest BCUT2D eigenvalue weighted by Gasteiger charge is -2.20. The highest BCUT2D eigenvalue weighted by atomic mass is 32.1. The van der Waals surface area contributed by atoms with E-state index in [-0.39, 0.29) is 36.0 Å². The molecule has 1 aromatic carbocycles. The van der Waals surface area contributed by atoms with Gasteiger partial charge in [0.2, 0.25) is 0 Å². The molecule has 2 N–H and O–H groups in total. The van der Waals surface area contributed by atoms with E-state index in [2.05, 4.69) is 9.97 Å². The number of rotatable bonds is 6. The second-order valence-corrected chi connectivity index (χ2v) is 8.79. The molecule has 0 bridgehead atoms. The van der Waals surface area contributed by atoms with Gasteiger partial charge in [-0.25, -0.2) is 19.6 Å².